The van der Waals surface area contributed by atoms with Crippen LogP contribution in [0.15, 0.2) is 54.6 Å². The van der Waals surface area contributed by atoms with Gasteiger partial charge in [-0.15, -0.1) is 0 Å². The fraction of sp³-hybridized carbons (Fsp3) is 0.381. The van der Waals surface area contributed by atoms with Gasteiger partial charge in [0.1, 0.15) is 0 Å². The van der Waals surface area contributed by atoms with Crippen molar-refractivity contribution in [2.75, 3.05) is 0 Å². The summed E-state index contributed by atoms with van der Waals surface area (Å²) in [5.74, 6) is 1.18. The Morgan fingerprint density at radius 1 is 0.870 bits per heavy atom. The lowest BCUT2D eigenvalue weighted by molar-refractivity contribution is -0.122. The molecule has 2 aliphatic rings. The second-order valence-electron chi connectivity index (χ2n) is 6.92. The summed E-state index contributed by atoms with van der Waals surface area (Å²) in [4.78, 5) is 12.3. The van der Waals surface area contributed by atoms with Crippen LogP contribution in [0, 0.1) is 5.92 Å². The van der Waals surface area contributed by atoms with Crippen molar-refractivity contribution >= 4 is 5.91 Å². The summed E-state index contributed by atoms with van der Waals surface area (Å²) in [5, 5.41) is 3.25. The molecule has 23 heavy (non-hydrogen) atoms. The first-order valence-corrected chi connectivity index (χ1v) is 8.76. The van der Waals surface area contributed by atoms with Crippen molar-refractivity contribution < 1.29 is 4.79 Å². The van der Waals surface area contributed by atoms with E-state index in [-0.39, 0.29) is 17.9 Å². The summed E-state index contributed by atoms with van der Waals surface area (Å²) in [6, 6.07) is 19.1. The van der Waals surface area contributed by atoms with Crippen LogP contribution < -0.4 is 5.32 Å². The van der Waals surface area contributed by atoms with Crippen LogP contribution in [0.5, 0.6) is 0 Å². The van der Waals surface area contributed by atoms with E-state index in [1.54, 1.807) is 0 Å². The third-order valence-corrected chi connectivity index (χ3v) is 5.21. The van der Waals surface area contributed by atoms with Crippen LogP contribution in [-0.4, -0.2) is 5.91 Å². The van der Waals surface area contributed by atoms with Crippen LogP contribution in [0.2, 0.25) is 0 Å². The molecule has 2 aromatic carbocycles. The van der Waals surface area contributed by atoms with Crippen LogP contribution in [-0.2, 0) is 4.79 Å². The Kier molecular flexibility index (Phi) is 3.90. The maximum Gasteiger partial charge on any atom is 0.223 e. The Hall–Kier alpha value is -2.09. The topological polar surface area (TPSA) is 29.1 Å². The van der Waals surface area contributed by atoms with Crippen LogP contribution in [0.3, 0.4) is 0 Å². The van der Waals surface area contributed by atoms with Crippen molar-refractivity contribution in [1.82, 2.24) is 5.32 Å². The number of benzene rings is 2. The van der Waals surface area contributed by atoms with Gasteiger partial charge in [0.25, 0.3) is 0 Å². The molecule has 2 saturated carbocycles. The predicted octanol–water partition coefficient (Wildman–Crippen LogP) is 4.57. The van der Waals surface area contributed by atoms with Crippen molar-refractivity contribution in [3.8, 4) is 0 Å². The summed E-state index contributed by atoms with van der Waals surface area (Å²) in [6.45, 7) is 0. The highest BCUT2D eigenvalue weighted by atomic mass is 16.2. The number of carbonyl (C=O) groups is 1. The first kappa shape index (κ1) is 14.5. The maximum absolute atomic E-state index is 12.3. The van der Waals surface area contributed by atoms with Crippen molar-refractivity contribution in [2.45, 2.75) is 44.1 Å². The molecule has 1 unspecified atom stereocenters. The zero-order valence-electron chi connectivity index (χ0n) is 13.4. The number of hydrogen-bond donors (Lipinski definition) is 1. The molecule has 1 atom stereocenters. The molecule has 118 valence electrons. The number of nitrogens with one attached hydrogen (secondary N) is 1. The van der Waals surface area contributed by atoms with E-state index < -0.39 is 0 Å². The summed E-state index contributed by atoms with van der Waals surface area (Å²) in [6.07, 6.45) is 6.07. The SMILES string of the molecule is O=C(NC(c1ccccc1)c1ccc(C2CCC2)cc1)C1CC1. The van der Waals surface area contributed by atoms with E-state index in [1.807, 2.05) is 18.2 Å². The van der Waals surface area contributed by atoms with E-state index in [9.17, 15) is 4.79 Å². The maximum atomic E-state index is 12.3. The van der Waals surface area contributed by atoms with Gasteiger partial charge in [0.05, 0.1) is 6.04 Å². The van der Waals surface area contributed by atoms with E-state index in [1.165, 1.54) is 30.4 Å². The van der Waals surface area contributed by atoms with Crippen LogP contribution in [0.4, 0.5) is 0 Å². The van der Waals surface area contributed by atoms with Gasteiger partial charge in [0.2, 0.25) is 5.91 Å². The second-order valence-corrected chi connectivity index (χ2v) is 6.92. The van der Waals surface area contributed by atoms with Gasteiger partial charge >= 0.3 is 0 Å². The molecule has 2 aromatic rings. The van der Waals surface area contributed by atoms with E-state index in [0.29, 0.717) is 0 Å². The minimum absolute atomic E-state index is 0.0419. The molecule has 4 rings (SSSR count). The van der Waals surface area contributed by atoms with Crippen molar-refractivity contribution in [3.05, 3.63) is 71.3 Å². The van der Waals surface area contributed by atoms with Crippen molar-refractivity contribution in [1.29, 1.82) is 0 Å². The normalized spacial score (nSPS) is 19.0. The second kappa shape index (κ2) is 6.19. The van der Waals surface area contributed by atoms with E-state index in [0.717, 1.165) is 24.3 Å². The van der Waals surface area contributed by atoms with Gasteiger partial charge in [-0.25, -0.2) is 0 Å². The zero-order chi connectivity index (χ0) is 15.6. The Bertz CT molecular complexity index is 669. The number of amides is 1. The molecule has 1 amide bonds. The standard InChI is InChI=1S/C21H23NO/c23-21(19-13-14-19)22-20(17-5-2-1-3-6-17)18-11-9-16(10-12-18)15-7-4-8-15/h1-3,5-6,9-12,15,19-20H,4,7-8,13-14H2,(H,22,23). The highest BCUT2D eigenvalue weighted by molar-refractivity contribution is 5.81. The summed E-state index contributed by atoms with van der Waals surface area (Å²) in [5.41, 5.74) is 3.77. The van der Waals surface area contributed by atoms with E-state index in [2.05, 4.69) is 41.7 Å². The molecular weight excluding hydrogens is 282 g/mol. The Labute approximate surface area is 137 Å². The highest BCUT2D eigenvalue weighted by Crippen LogP contribution is 2.37. The minimum Gasteiger partial charge on any atom is -0.345 e. The molecule has 2 fully saturated rings. The summed E-state index contributed by atoms with van der Waals surface area (Å²) >= 11 is 0. The molecule has 0 aliphatic heterocycles. The van der Waals surface area contributed by atoms with Gasteiger partial charge in [0.15, 0.2) is 0 Å². The molecule has 1 N–H and O–H groups in total. The molecule has 2 nitrogen and oxygen atoms in total. The van der Waals surface area contributed by atoms with Gasteiger partial charge in [-0.3, -0.25) is 4.79 Å². The average Bonchev–Trinajstić information content (AvgIpc) is 3.37. The molecule has 0 heterocycles. The van der Waals surface area contributed by atoms with Gasteiger partial charge in [-0.1, -0.05) is 61.0 Å². The quantitative estimate of drug-likeness (QED) is 0.861. The molecule has 0 bridgehead atoms. The molecule has 0 aromatic heterocycles. The number of rotatable bonds is 5. The smallest absolute Gasteiger partial charge is 0.223 e. The largest absolute Gasteiger partial charge is 0.345 e. The number of hydrogen-bond acceptors (Lipinski definition) is 1. The average molecular weight is 305 g/mol. The summed E-state index contributed by atoms with van der Waals surface area (Å²) < 4.78 is 0. The van der Waals surface area contributed by atoms with Crippen LogP contribution >= 0.6 is 0 Å². The third-order valence-electron chi connectivity index (χ3n) is 5.21. The lowest BCUT2D eigenvalue weighted by Gasteiger charge is -2.26. The van der Waals surface area contributed by atoms with Crippen molar-refractivity contribution in [2.24, 2.45) is 5.92 Å². The zero-order valence-corrected chi connectivity index (χ0v) is 13.4. The summed E-state index contributed by atoms with van der Waals surface area (Å²) in [7, 11) is 0. The predicted molar refractivity (Wildman–Crippen MR) is 92.2 cm³/mol. The first-order valence-electron chi connectivity index (χ1n) is 8.76. The Morgan fingerprint density at radius 2 is 1.52 bits per heavy atom. The highest BCUT2D eigenvalue weighted by Gasteiger charge is 2.31. The lowest BCUT2D eigenvalue weighted by Crippen LogP contribution is -2.30. The minimum atomic E-state index is -0.0419. The molecule has 0 saturated heterocycles. The Morgan fingerprint density at radius 3 is 2.09 bits per heavy atom. The fourth-order valence-corrected chi connectivity index (χ4v) is 3.31. The molecule has 0 spiro atoms. The van der Waals surface area contributed by atoms with Gasteiger partial charge in [-0.05, 0) is 48.3 Å². The third kappa shape index (κ3) is 3.17. The monoisotopic (exact) mass is 305 g/mol. The molecule has 2 aliphatic carbocycles. The lowest BCUT2D eigenvalue weighted by atomic mass is 9.79. The molecule has 2 heteroatoms. The Balaban J connectivity index is 1.59. The van der Waals surface area contributed by atoms with Gasteiger partial charge in [-0.2, -0.15) is 0 Å². The van der Waals surface area contributed by atoms with Gasteiger partial charge < -0.3 is 5.32 Å². The fourth-order valence-electron chi connectivity index (χ4n) is 3.31. The van der Waals surface area contributed by atoms with E-state index in [4.69, 9.17) is 0 Å². The molecule has 0 radical (unpaired) electrons. The van der Waals surface area contributed by atoms with Gasteiger partial charge in [0, 0.05) is 5.92 Å². The van der Waals surface area contributed by atoms with Crippen LogP contribution in [0.1, 0.15) is 60.8 Å². The first-order chi connectivity index (χ1) is 11.3. The molecular formula is C21H23NO. The number of carbonyl (C=O) groups excluding carboxylic acids is 1. The van der Waals surface area contributed by atoms with E-state index >= 15 is 0 Å². The van der Waals surface area contributed by atoms with Crippen LogP contribution in [0.25, 0.3) is 0 Å². The van der Waals surface area contributed by atoms with Crippen molar-refractivity contribution in [3.63, 3.8) is 0 Å².